The maximum absolute atomic E-state index is 14.1. The van der Waals surface area contributed by atoms with Crippen LogP contribution < -0.4 is 10.2 Å². The molecule has 3 aliphatic heterocycles. The third-order valence-corrected chi connectivity index (χ3v) is 12.4. The number of carbonyl (C=O) groups is 6. The van der Waals surface area contributed by atoms with E-state index in [-0.39, 0.29) is 46.7 Å². The van der Waals surface area contributed by atoms with Gasteiger partial charge in [-0.3, -0.25) is 19.7 Å². The molecular formula is C40H54ClN3O10S. The summed E-state index contributed by atoms with van der Waals surface area (Å²) in [6.07, 6.45) is 2.84. The van der Waals surface area contributed by atoms with E-state index in [1.807, 2.05) is 6.92 Å². The molecule has 9 atom stereocenters. The van der Waals surface area contributed by atoms with Gasteiger partial charge in [0, 0.05) is 43.7 Å². The second-order valence-corrected chi connectivity index (χ2v) is 17.8. The summed E-state index contributed by atoms with van der Waals surface area (Å²) in [5, 5.41) is 14.8. The summed E-state index contributed by atoms with van der Waals surface area (Å²) in [4.78, 5) is 80.9. The first-order chi connectivity index (χ1) is 25.7. The molecular weight excluding hydrogens is 750 g/mol. The topological polar surface area (TPSA) is 172 Å². The summed E-state index contributed by atoms with van der Waals surface area (Å²) < 4.78 is 17.9. The van der Waals surface area contributed by atoms with Crippen LogP contribution >= 0.6 is 23.4 Å². The van der Waals surface area contributed by atoms with Gasteiger partial charge < -0.3 is 33.9 Å². The molecule has 0 aliphatic carbocycles. The van der Waals surface area contributed by atoms with Gasteiger partial charge in [-0.15, -0.1) is 0 Å². The highest BCUT2D eigenvalue weighted by molar-refractivity contribution is 8.00. The van der Waals surface area contributed by atoms with Gasteiger partial charge in [0.15, 0.2) is 12.0 Å². The number of anilines is 1. The van der Waals surface area contributed by atoms with E-state index in [4.69, 9.17) is 25.8 Å². The number of epoxide rings is 1. The zero-order valence-corrected chi connectivity index (χ0v) is 34.6. The van der Waals surface area contributed by atoms with Crippen molar-refractivity contribution in [2.24, 2.45) is 11.8 Å². The molecule has 302 valence electrons. The second kappa shape index (κ2) is 18.0. The molecule has 4 bridgehead atoms. The summed E-state index contributed by atoms with van der Waals surface area (Å²) in [7, 11) is 3.04. The third kappa shape index (κ3) is 10.4. The number of likely N-dealkylation sites (N-methyl/N-ethyl adjacent to an activating group) is 1. The molecule has 2 saturated heterocycles. The Morgan fingerprint density at radius 3 is 2.55 bits per heavy atom. The van der Waals surface area contributed by atoms with Crippen LogP contribution in [0.25, 0.3) is 0 Å². The Kier molecular flexibility index (Phi) is 14.4. The molecule has 13 nitrogen and oxygen atoms in total. The molecule has 0 radical (unpaired) electrons. The largest absolute Gasteiger partial charge is 0.457 e. The quantitative estimate of drug-likeness (QED) is 0.176. The lowest BCUT2D eigenvalue weighted by atomic mass is 9.82. The molecule has 15 heteroatoms. The van der Waals surface area contributed by atoms with Gasteiger partial charge in [-0.2, -0.15) is 11.8 Å². The van der Waals surface area contributed by atoms with E-state index < -0.39 is 65.5 Å². The predicted molar refractivity (Wildman–Crippen MR) is 210 cm³/mol. The Morgan fingerprint density at radius 2 is 1.91 bits per heavy atom. The number of thioether (sulfide) groups is 1. The molecule has 0 spiro atoms. The fourth-order valence-electron chi connectivity index (χ4n) is 7.18. The molecule has 1 unspecified atom stereocenters. The lowest BCUT2D eigenvalue weighted by molar-refractivity contribution is -0.162. The average molecular weight is 804 g/mol. The van der Waals surface area contributed by atoms with Crippen LogP contribution in [0.2, 0.25) is 5.02 Å². The van der Waals surface area contributed by atoms with E-state index in [1.165, 1.54) is 30.0 Å². The number of carbonyl (C=O) groups excluding carboxylic acids is 6. The number of ether oxygens (including phenoxy) is 3. The highest BCUT2D eigenvalue weighted by Crippen LogP contribution is 2.49. The van der Waals surface area contributed by atoms with E-state index in [1.54, 1.807) is 56.8 Å². The number of amides is 3. The molecule has 0 saturated carbocycles. The SMILES string of the molecule is C/C1=C\C=C\[C@@H](C=O)[C@@]2(O)C[C@H](OC(=O)N2)[C@@H](C)[C@@H]2O[C@@]2(C)[C@@H](OC(=O)[C@@H](C)N(C)C(=O)CCC(C)SC(C)C)CC(=O)N(C)c2cc(cc(C=O)c2Cl)C1. The normalized spacial score (nSPS) is 31.1. The number of rotatable bonds is 10. The molecule has 3 aliphatic rings. The van der Waals surface area contributed by atoms with Crippen LogP contribution in [0, 0.1) is 11.8 Å². The van der Waals surface area contributed by atoms with Crippen LogP contribution in [-0.4, -0.2) is 107 Å². The molecule has 2 N–H and O–H groups in total. The number of hydrogen-bond acceptors (Lipinski definition) is 11. The zero-order valence-electron chi connectivity index (χ0n) is 33.0. The van der Waals surface area contributed by atoms with Gasteiger partial charge in [0.05, 0.1) is 29.2 Å². The van der Waals surface area contributed by atoms with Crippen molar-refractivity contribution in [3.63, 3.8) is 0 Å². The molecule has 55 heavy (non-hydrogen) atoms. The van der Waals surface area contributed by atoms with Crippen LogP contribution in [0.4, 0.5) is 10.5 Å². The van der Waals surface area contributed by atoms with Crippen molar-refractivity contribution < 1.29 is 48.1 Å². The Morgan fingerprint density at radius 1 is 1.22 bits per heavy atom. The first-order valence-electron chi connectivity index (χ1n) is 18.6. The lowest BCUT2D eigenvalue weighted by Crippen LogP contribution is -2.61. The van der Waals surface area contributed by atoms with E-state index in [2.05, 4.69) is 26.1 Å². The molecule has 1 aromatic rings. The van der Waals surface area contributed by atoms with Crippen LogP contribution in [-0.2, 0) is 39.8 Å². The van der Waals surface area contributed by atoms with Crippen LogP contribution in [0.15, 0.2) is 35.9 Å². The maximum Gasteiger partial charge on any atom is 0.409 e. The number of nitrogens with zero attached hydrogens (tertiary/aromatic N) is 2. The highest BCUT2D eigenvalue weighted by Gasteiger charge is 2.64. The second-order valence-electron chi connectivity index (χ2n) is 15.4. The first kappa shape index (κ1) is 44.0. The van der Waals surface area contributed by atoms with E-state index in [9.17, 15) is 33.9 Å². The molecule has 3 amide bonds. The van der Waals surface area contributed by atoms with Crippen LogP contribution in [0.5, 0.6) is 0 Å². The number of aldehydes is 2. The lowest BCUT2D eigenvalue weighted by Gasteiger charge is -2.41. The molecule has 1 aromatic carbocycles. The molecule has 3 heterocycles. The number of benzene rings is 1. The molecule has 0 aromatic heterocycles. The minimum Gasteiger partial charge on any atom is -0.457 e. The van der Waals surface area contributed by atoms with Gasteiger partial charge in [0.2, 0.25) is 11.8 Å². The number of nitrogens with one attached hydrogen (secondary N) is 1. The Labute approximate surface area is 332 Å². The van der Waals surface area contributed by atoms with Crippen molar-refractivity contribution in [2.75, 3.05) is 19.0 Å². The minimum absolute atomic E-state index is 0.0643. The van der Waals surface area contributed by atoms with Gasteiger partial charge in [-0.05, 0) is 56.6 Å². The van der Waals surface area contributed by atoms with Crippen molar-refractivity contribution in [3.8, 4) is 0 Å². The fourth-order valence-corrected chi connectivity index (χ4v) is 8.64. The fraction of sp³-hybridized carbons (Fsp3) is 0.600. The number of halogens is 1. The van der Waals surface area contributed by atoms with Crippen LogP contribution in [0.1, 0.15) is 90.1 Å². The van der Waals surface area contributed by atoms with Gasteiger partial charge in [0.1, 0.15) is 30.1 Å². The molecule has 2 fully saturated rings. The zero-order chi connectivity index (χ0) is 41.0. The Balaban J connectivity index is 1.71. The number of allylic oxidation sites excluding steroid dienone is 3. The standard InChI is InChI=1S/C40H54ClN3O10S/c1-22(2)55-24(4)13-14-33(47)43(8)26(6)37(49)53-32-18-34(48)44(9)30-17-27(16-28(20-45)35(30)41)15-23(3)11-10-12-29(21-46)40(51)19-31(52-38(50)42-40)25(5)36-39(32,7)54-36/h10-12,16-17,20-22,24-26,29,31-32,36,51H,13-15,18-19H2,1-9H3,(H,42,50)/b12-10+,23-11+/t24?,25-,26-,29+,31+,32+,36+,39+,40+/m1/s1. The minimum atomic E-state index is -1.99. The summed E-state index contributed by atoms with van der Waals surface area (Å²) in [5.41, 5.74) is -1.36. The van der Waals surface area contributed by atoms with Gasteiger partial charge >= 0.3 is 12.1 Å². The highest BCUT2D eigenvalue weighted by atomic mass is 35.5. The number of aliphatic hydroxyl groups is 1. The van der Waals surface area contributed by atoms with Crippen LogP contribution in [0.3, 0.4) is 0 Å². The van der Waals surface area contributed by atoms with Gasteiger partial charge in [-0.1, -0.05) is 63.1 Å². The van der Waals surface area contributed by atoms with Gasteiger partial charge in [-0.25, -0.2) is 9.59 Å². The first-order valence-corrected chi connectivity index (χ1v) is 19.9. The van der Waals surface area contributed by atoms with Crippen molar-refractivity contribution in [2.45, 2.75) is 127 Å². The van der Waals surface area contributed by atoms with Crippen molar-refractivity contribution in [1.82, 2.24) is 10.2 Å². The number of alkyl carbamates (subject to hydrolysis) is 1. The maximum atomic E-state index is 14.1. The smallest absolute Gasteiger partial charge is 0.409 e. The summed E-state index contributed by atoms with van der Waals surface area (Å²) >= 11 is 8.42. The van der Waals surface area contributed by atoms with E-state index in [0.717, 1.165) is 5.57 Å². The van der Waals surface area contributed by atoms with Crippen molar-refractivity contribution >= 4 is 65.5 Å². The van der Waals surface area contributed by atoms with E-state index in [0.29, 0.717) is 36.2 Å². The average Bonchev–Trinajstić information content (AvgIpc) is 3.82. The Bertz CT molecular complexity index is 1720. The molecule has 4 rings (SSSR count). The number of hydrogen-bond donors (Lipinski definition) is 2. The summed E-state index contributed by atoms with van der Waals surface area (Å²) in [6, 6.07) is 2.31. The Hall–Kier alpha value is -3.72. The summed E-state index contributed by atoms with van der Waals surface area (Å²) in [6.45, 7) is 13.0. The summed E-state index contributed by atoms with van der Waals surface area (Å²) in [5.74, 6) is -3.24. The van der Waals surface area contributed by atoms with Crippen molar-refractivity contribution in [1.29, 1.82) is 0 Å². The van der Waals surface area contributed by atoms with Gasteiger partial charge in [0.25, 0.3) is 0 Å². The van der Waals surface area contributed by atoms with E-state index >= 15 is 0 Å². The number of fused-ring (bicyclic) bond motifs is 5. The van der Waals surface area contributed by atoms with Crippen molar-refractivity contribution in [3.05, 3.63) is 52.1 Å². The predicted octanol–water partition coefficient (Wildman–Crippen LogP) is 5.43. The number of esters is 1. The monoisotopic (exact) mass is 803 g/mol. The third-order valence-electron chi connectivity index (χ3n) is 10.8.